The minimum Gasteiger partial charge on any atom is -0.454 e. The van der Waals surface area contributed by atoms with E-state index in [1.165, 1.54) is 5.57 Å². The van der Waals surface area contributed by atoms with Gasteiger partial charge in [0.15, 0.2) is 11.5 Å². The van der Waals surface area contributed by atoms with Gasteiger partial charge in [-0.1, -0.05) is 38.5 Å². The fourth-order valence-electron chi connectivity index (χ4n) is 5.13. The van der Waals surface area contributed by atoms with E-state index >= 15 is 0 Å². The van der Waals surface area contributed by atoms with Gasteiger partial charge in [-0.05, 0) is 42.9 Å². The number of hydrogen-bond donors (Lipinski definition) is 1. The Balaban J connectivity index is 1.57. The predicted octanol–water partition coefficient (Wildman–Crippen LogP) is 4.46. The van der Waals surface area contributed by atoms with Crippen LogP contribution in [0.3, 0.4) is 0 Å². The van der Waals surface area contributed by atoms with E-state index in [9.17, 15) is 4.79 Å². The molecule has 1 aliphatic carbocycles. The first kappa shape index (κ1) is 20.1. The number of alkyl carbamates (subject to hydrolysis) is 1. The van der Waals surface area contributed by atoms with Crippen molar-refractivity contribution >= 4 is 6.09 Å². The number of hydrogen-bond acceptors (Lipinski definition) is 5. The molecule has 158 valence electrons. The summed E-state index contributed by atoms with van der Waals surface area (Å²) in [6, 6.07) is 6.06. The van der Waals surface area contributed by atoms with Crippen molar-refractivity contribution in [1.82, 2.24) is 5.32 Å². The van der Waals surface area contributed by atoms with E-state index in [-0.39, 0.29) is 36.2 Å². The van der Waals surface area contributed by atoms with E-state index in [2.05, 4.69) is 38.2 Å². The molecule has 1 saturated heterocycles. The molecule has 5 atom stereocenters. The Morgan fingerprint density at radius 3 is 2.86 bits per heavy atom. The third-order valence-electron chi connectivity index (χ3n) is 6.97. The Bertz CT molecular complexity index is 806. The molecule has 0 spiro atoms. The molecule has 0 radical (unpaired) electrons. The smallest absolute Gasteiger partial charge is 0.407 e. The lowest BCUT2D eigenvalue weighted by Gasteiger charge is -2.55. The number of allylic oxidation sites excluding steroid dienone is 1. The van der Waals surface area contributed by atoms with Crippen LogP contribution >= 0.6 is 0 Å². The number of benzene rings is 1. The topological polar surface area (TPSA) is 66.0 Å². The van der Waals surface area contributed by atoms with Gasteiger partial charge in [0.05, 0.1) is 12.7 Å². The van der Waals surface area contributed by atoms with Gasteiger partial charge in [0.2, 0.25) is 6.79 Å². The number of fused-ring (bicyclic) bond motifs is 3. The van der Waals surface area contributed by atoms with Crippen LogP contribution in [0, 0.1) is 23.2 Å². The van der Waals surface area contributed by atoms with Crippen molar-refractivity contribution < 1.29 is 23.7 Å². The molecule has 1 N–H and O–H groups in total. The molecule has 3 aliphatic rings. The number of ether oxygens (including phenoxy) is 4. The minimum atomic E-state index is -0.346. The van der Waals surface area contributed by atoms with Gasteiger partial charge in [-0.3, -0.25) is 0 Å². The van der Waals surface area contributed by atoms with E-state index in [1.807, 2.05) is 19.1 Å². The molecule has 1 amide bonds. The largest absolute Gasteiger partial charge is 0.454 e. The normalized spacial score (nSPS) is 32.5. The molecule has 6 heteroatoms. The average molecular weight is 402 g/mol. The van der Waals surface area contributed by atoms with E-state index in [0.717, 1.165) is 23.5 Å². The van der Waals surface area contributed by atoms with E-state index < -0.39 is 0 Å². The van der Waals surface area contributed by atoms with Gasteiger partial charge in [0.25, 0.3) is 0 Å². The molecule has 0 aromatic heterocycles. The van der Waals surface area contributed by atoms with Crippen LogP contribution in [0.1, 0.15) is 45.8 Å². The molecule has 6 nitrogen and oxygen atoms in total. The second kappa shape index (κ2) is 7.90. The fraction of sp³-hybridized carbons (Fsp3) is 0.609. The standard InChI is InChI=1S/C23H31NO5/c1-5-8-24-22(25)27-12-23-11-26-21(20(16(23)4)14(2)9-15(23)3)17-6-7-18-19(10-17)29-13-28-18/h6-7,9-10,15-16,20-21H,5,8,11-13H2,1-4H3,(H,24,25)/t15-,16-,20-,21+,23+/m0/s1. The van der Waals surface area contributed by atoms with Crippen molar-refractivity contribution in [2.45, 2.75) is 40.2 Å². The molecule has 29 heavy (non-hydrogen) atoms. The first-order chi connectivity index (χ1) is 14.0. The van der Waals surface area contributed by atoms with Crippen LogP contribution in [-0.4, -0.2) is 32.6 Å². The van der Waals surface area contributed by atoms with Crippen LogP contribution in [0.5, 0.6) is 11.5 Å². The van der Waals surface area contributed by atoms with Gasteiger partial charge in [0.1, 0.15) is 6.61 Å². The molecule has 1 aromatic rings. The molecule has 1 fully saturated rings. The highest BCUT2D eigenvalue weighted by Gasteiger charge is 2.54. The number of nitrogens with one attached hydrogen (secondary N) is 1. The Morgan fingerprint density at radius 1 is 1.28 bits per heavy atom. The lowest BCUT2D eigenvalue weighted by atomic mass is 9.56. The van der Waals surface area contributed by atoms with Crippen LogP contribution in [0.4, 0.5) is 4.79 Å². The van der Waals surface area contributed by atoms with Crippen molar-refractivity contribution in [3.63, 3.8) is 0 Å². The van der Waals surface area contributed by atoms with Gasteiger partial charge in [0, 0.05) is 17.9 Å². The Morgan fingerprint density at radius 2 is 2.07 bits per heavy atom. The quantitative estimate of drug-likeness (QED) is 0.738. The molecule has 2 aliphatic heterocycles. The Kier molecular flexibility index (Phi) is 5.47. The zero-order valence-corrected chi connectivity index (χ0v) is 17.7. The summed E-state index contributed by atoms with van der Waals surface area (Å²) in [6.45, 7) is 10.5. The third kappa shape index (κ3) is 3.48. The Hall–Kier alpha value is -2.21. The maximum atomic E-state index is 12.1. The van der Waals surface area contributed by atoms with Crippen LogP contribution < -0.4 is 14.8 Å². The highest BCUT2D eigenvalue weighted by atomic mass is 16.7. The van der Waals surface area contributed by atoms with Crippen molar-refractivity contribution in [1.29, 1.82) is 0 Å². The summed E-state index contributed by atoms with van der Waals surface area (Å²) < 4.78 is 23.1. The van der Waals surface area contributed by atoms with E-state index in [0.29, 0.717) is 25.7 Å². The van der Waals surface area contributed by atoms with Crippen LogP contribution in [0.15, 0.2) is 29.8 Å². The van der Waals surface area contributed by atoms with Crippen molar-refractivity contribution in [2.24, 2.45) is 23.2 Å². The van der Waals surface area contributed by atoms with E-state index in [1.54, 1.807) is 0 Å². The summed E-state index contributed by atoms with van der Waals surface area (Å²) in [5.41, 5.74) is 2.21. The number of carbonyl (C=O) groups is 1. The highest BCUT2D eigenvalue weighted by molar-refractivity contribution is 5.67. The fourth-order valence-corrected chi connectivity index (χ4v) is 5.13. The van der Waals surface area contributed by atoms with Crippen molar-refractivity contribution in [3.8, 4) is 11.5 Å². The van der Waals surface area contributed by atoms with Crippen LogP contribution in [-0.2, 0) is 9.47 Å². The van der Waals surface area contributed by atoms with Crippen molar-refractivity contribution in [3.05, 3.63) is 35.4 Å². The van der Waals surface area contributed by atoms with Gasteiger partial charge >= 0.3 is 6.09 Å². The molecule has 4 rings (SSSR count). The lowest BCUT2D eigenvalue weighted by molar-refractivity contribution is -0.165. The Labute approximate surface area is 172 Å². The lowest BCUT2D eigenvalue weighted by Crippen LogP contribution is -2.54. The molecule has 1 aromatic carbocycles. The van der Waals surface area contributed by atoms with Gasteiger partial charge in [-0.15, -0.1) is 0 Å². The highest BCUT2D eigenvalue weighted by Crippen LogP contribution is 2.56. The number of carbonyl (C=O) groups excluding carboxylic acids is 1. The summed E-state index contributed by atoms with van der Waals surface area (Å²) in [5.74, 6) is 2.36. The van der Waals surface area contributed by atoms with Gasteiger partial charge in [-0.2, -0.15) is 0 Å². The zero-order valence-electron chi connectivity index (χ0n) is 17.7. The number of rotatable bonds is 5. The summed E-state index contributed by atoms with van der Waals surface area (Å²) >= 11 is 0. The minimum absolute atomic E-state index is 0.0507. The molecular weight excluding hydrogens is 370 g/mol. The zero-order chi connectivity index (χ0) is 20.6. The molecule has 2 bridgehead atoms. The SMILES string of the molecule is CCCNC(=O)OC[C@]12CO[C@H](c3ccc4c(c3)OCO4)[C@@H](C(C)=C[C@@H]1C)[C@@H]2C. The van der Waals surface area contributed by atoms with Crippen LogP contribution in [0.25, 0.3) is 0 Å². The maximum absolute atomic E-state index is 12.1. The summed E-state index contributed by atoms with van der Waals surface area (Å²) in [4.78, 5) is 12.1. The molecular formula is C23H31NO5. The molecule has 0 saturated carbocycles. The third-order valence-corrected chi connectivity index (χ3v) is 6.97. The average Bonchev–Trinajstić information content (AvgIpc) is 3.17. The van der Waals surface area contributed by atoms with Crippen molar-refractivity contribution in [2.75, 3.05) is 26.6 Å². The first-order valence-corrected chi connectivity index (χ1v) is 10.6. The van der Waals surface area contributed by atoms with Gasteiger partial charge in [-0.25, -0.2) is 4.79 Å². The maximum Gasteiger partial charge on any atom is 0.407 e. The summed E-state index contributed by atoms with van der Waals surface area (Å²) in [7, 11) is 0. The second-order valence-electron chi connectivity index (χ2n) is 8.59. The second-order valence-corrected chi connectivity index (χ2v) is 8.59. The summed E-state index contributed by atoms with van der Waals surface area (Å²) in [6.07, 6.45) is 2.82. The van der Waals surface area contributed by atoms with Crippen LogP contribution in [0.2, 0.25) is 0 Å². The first-order valence-electron chi connectivity index (χ1n) is 10.6. The monoisotopic (exact) mass is 401 g/mol. The van der Waals surface area contributed by atoms with E-state index in [4.69, 9.17) is 18.9 Å². The molecule has 0 unspecified atom stereocenters. The predicted molar refractivity (Wildman–Crippen MR) is 109 cm³/mol. The summed E-state index contributed by atoms with van der Waals surface area (Å²) in [5, 5.41) is 2.80. The molecule has 2 heterocycles. The number of amides is 1. The van der Waals surface area contributed by atoms with Gasteiger partial charge < -0.3 is 24.3 Å².